The Bertz CT molecular complexity index is 538. The summed E-state index contributed by atoms with van der Waals surface area (Å²) in [7, 11) is 0. The third-order valence-electron chi connectivity index (χ3n) is 4.31. The maximum atomic E-state index is 12.4. The molecule has 0 spiro atoms. The lowest BCUT2D eigenvalue weighted by molar-refractivity contribution is -0.134. The van der Waals surface area contributed by atoms with Crippen molar-refractivity contribution in [2.24, 2.45) is 0 Å². The molecule has 0 atom stereocenters. The molecule has 2 saturated heterocycles. The molecule has 0 aromatic carbocycles. The molecule has 23 heavy (non-hydrogen) atoms. The predicted molar refractivity (Wildman–Crippen MR) is 84.0 cm³/mol. The van der Waals surface area contributed by atoms with E-state index >= 15 is 0 Å². The summed E-state index contributed by atoms with van der Waals surface area (Å²) in [5.74, 6) is 0.149. The maximum absolute atomic E-state index is 12.4. The zero-order valence-electron chi connectivity index (χ0n) is 13.2. The van der Waals surface area contributed by atoms with E-state index in [0.717, 1.165) is 13.1 Å². The van der Waals surface area contributed by atoms with E-state index in [-0.39, 0.29) is 11.8 Å². The lowest BCUT2D eigenvalue weighted by Gasteiger charge is -2.36. The van der Waals surface area contributed by atoms with E-state index in [1.54, 1.807) is 29.4 Å². The van der Waals surface area contributed by atoms with Crippen LogP contribution in [0.15, 0.2) is 24.5 Å². The van der Waals surface area contributed by atoms with Crippen LogP contribution >= 0.6 is 0 Å². The quantitative estimate of drug-likeness (QED) is 0.765. The normalized spacial score (nSPS) is 19.7. The molecule has 1 aromatic heterocycles. The first kappa shape index (κ1) is 15.9. The molecule has 2 fully saturated rings. The molecule has 3 heterocycles. The number of carbonyl (C=O) groups excluding carboxylic acids is 2. The average molecular weight is 318 g/mol. The minimum absolute atomic E-state index is 0.00711. The number of nitrogens with zero attached hydrogens (tertiary/aromatic N) is 4. The molecule has 124 valence electrons. The van der Waals surface area contributed by atoms with Gasteiger partial charge in [0.25, 0.3) is 5.91 Å². The van der Waals surface area contributed by atoms with Gasteiger partial charge in [0.2, 0.25) is 5.91 Å². The Labute approximate surface area is 135 Å². The topological polar surface area (TPSA) is 66.0 Å². The van der Waals surface area contributed by atoms with Crippen molar-refractivity contribution in [1.29, 1.82) is 0 Å². The van der Waals surface area contributed by atoms with Crippen LogP contribution in [-0.2, 0) is 9.53 Å². The van der Waals surface area contributed by atoms with Gasteiger partial charge in [0, 0.05) is 57.2 Å². The third-order valence-corrected chi connectivity index (χ3v) is 4.31. The Hall–Kier alpha value is -1.99. The van der Waals surface area contributed by atoms with Crippen molar-refractivity contribution in [1.82, 2.24) is 19.7 Å². The van der Waals surface area contributed by atoms with Gasteiger partial charge < -0.3 is 14.5 Å². The summed E-state index contributed by atoms with van der Waals surface area (Å²) in [6.45, 7) is 5.81. The summed E-state index contributed by atoms with van der Waals surface area (Å²) in [4.78, 5) is 34.4. The molecule has 0 unspecified atom stereocenters. The van der Waals surface area contributed by atoms with Crippen molar-refractivity contribution < 1.29 is 14.3 Å². The molecule has 1 aromatic rings. The Morgan fingerprint density at radius 2 is 1.57 bits per heavy atom. The molecule has 3 rings (SSSR count). The van der Waals surface area contributed by atoms with Crippen LogP contribution in [0.1, 0.15) is 10.4 Å². The van der Waals surface area contributed by atoms with Crippen LogP contribution in [0, 0.1) is 0 Å². The molecular formula is C16H22N4O3. The fraction of sp³-hybridized carbons (Fsp3) is 0.562. The van der Waals surface area contributed by atoms with E-state index < -0.39 is 0 Å². The van der Waals surface area contributed by atoms with Gasteiger partial charge in [0.15, 0.2) is 0 Å². The van der Waals surface area contributed by atoms with Crippen LogP contribution in [0.5, 0.6) is 0 Å². The Kier molecular flexibility index (Phi) is 5.19. The molecule has 7 nitrogen and oxygen atoms in total. The number of hydrogen-bond acceptors (Lipinski definition) is 5. The van der Waals surface area contributed by atoms with Crippen molar-refractivity contribution in [2.75, 3.05) is 59.0 Å². The molecule has 0 bridgehead atoms. The number of amides is 2. The molecule has 7 heteroatoms. The van der Waals surface area contributed by atoms with Crippen LogP contribution in [0.4, 0.5) is 0 Å². The van der Waals surface area contributed by atoms with E-state index in [2.05, 4.69) is 9.88 Å². The van der Waals surface area contributed by atoms with Crippen molar-refractivity contribution >= 4 is 11.8 Å². The zero-order valence-corrected chi connectivity index (χ0v) is 13.2. The number of hydrogen-bond donors (Lipinski definition) is 0. The number of carbonyl (C=O) groups is 2. The van der Waals surface area contributed by atoms with Crippen LogP contribution in [0.2, 0.25) is 0 Å². The third kappa shape index (κ3) is 4.05. The summed E-state index contributed by atoms with van der Waals surface area (Å²) in [5.41, 5.74) is 0.646. The highest BCUT2D eigenvalue weighted by Gasteiger charge is 2.26. The number of morpholine rings is 1. The Morgan fingerprint density at radius 1 is 0.957 bits per heavy atom. The minimum Gasteiger partial charge on any atom is -0.379 e. The average Bonchev–Trinajstić information content (AvgIpc) is 2.63. The lowest BCUT2D eigenvalue weighted by atomic mass is 10.2. The van der Waals surface area contributed by atoms with Crippen molar-refractivity contribution in [3.05, 3.63) is 30.1 Å². The van der Waals surface area contributed by atoms with Gasteiger partial charge in [-0.1, -0.05) is 0 Å². The number of ether oxygens (including phenoxy) is 1. The van der Waals surface area contributed by atoms with Gasteiger partial charge >= 0.3 is 0 Å². The molecule has 0 radical (unpaired) electrons. The lowest BCUT2D eigenvalue weighted by Crippen LogP contribution is -2.53. The van der Waals surface area contributed by atoms with Crippen LogP contribution in [0.3, 0.4) is 0 Å². The minimum atomic E-state index is 0.00711. The van der Waals surface area contributed by atoms with Crippen molar-refractivity contribution in [2.45, 2.75) is 0 Å². The summed E-state index contributed by atoms with van der Waals surface area (Å²) in [5, 5.41) is 0. The fourth-order valence-electron chi connectivity index (χ4n) is 2.89. The summed E-state index contributed by atoms with van der Waals surface area (Å²) in [6.07, 6.45) is 3.24. The van der Waals surface area contributed by atoms with Gasteiger partial charge in [-0.05, 0) is 12.1 Å². The second-order valence-electron chi connectivity index (χ2n) is 5.80. The highest BCUT2D eigenvalue weighted by molar-refractivity contribution is 5.94. The number of piperazine rings is 1. The molecule has 0 saturated carbocycles. The molecule has 2 aliphatic heterocycles. The first-order valence-electron chi connectivity index (χ1n) is 8.01. The fourth-order valence-corrected chi connectivity index (χ4v) is 2.89. The van der Waals surface area contributed by atoms with Gasteiger partial charge in [-0.3, -0.25) is 19.5 Å². The molecule has 0 aliphatic carbocycles. The smallest absolute Gasteiger partial charge is 0.254 e. The summed E-state index contributed by atoms with van der Waals surface area (Å²) < 4.78 is 5.29. The highest BCUT2D eigenvalue weighted by Crippen LogP contribution is 2.09. The second kappa shape index (κ2) is 7.52. The van der Waals surface area contributed by atoms with Crippen LogP contribution < -0.4 is 0 Å². The zero-order chi connectivity index (χ0) is 16.1. The van der Waals surface area contributed by atoms with Gasteiger partial charge in [-0.25, -0.2) is 0 Å². The van der Waals surface area contributed by atoms with Gasteiger partial charge in [-0.15, -0.1) is 0 Å². The highest BCUT2D eigenvalue weighted by atomic mass is 16.5. The summed E-state index contributed by atoms with van der Waals surface area (Å²) >= 11 is 0. The standard InChI is InChI=1S/C16H22N4O3/c21-15(13-18-9-11-23-12-10-18)19-5-7-20(8-6-19)16(22)14-1-3-17-4-2-14/h1-4H,5-13H2. The number of rotatable bonds is 3. The number of pyridine rings is 1. The molecular weight excluding hydrogens is 296 g/mol. The van der Waals surface area contributed by atoms with Gasteiger partial charge in [-0.2, -0.15) is 0 Å². The van der Waals surface area contributed by atoms with Gasteiger partial charge in [0.1, 0.15) is 0 Å². The second-order valence-corrected chi connectivity index (χ2v) is 5.80. The van der Waals surface area contributed by atoms with E-state index in [0.29, 0.717) is 51.5 Å². The van der Waals surface area contributed by atoms with Crippen molar-refractivity contribution in [3.63, 3.8) is 0 Å². The largest absolute Gasteiger partial charge is 0.379 e. The first-order valence-corrected chi connectivity index (χ1v) is 8.01. The monoisotopic (exact) mass is 318 g/mol. The Morgan fingerprint density at radius 3 is 2.22 bits per heavy atom. The molecule has 2 amide bonds. The summed E-state index contributed by atoms with van der Waals surface area (Å²) in [6, 6.07) is 3.44. The first-order chi connectivity index (χ1) is 11.2. The van der Waals surface area contributed by atoms with Crippen molar-refractivity contribution in [3.8, 4) is 0 Å². The van der Waals surface area contributed by atoms with Crippen LogP contribution in [-0.4, -0.2) is 90.5 Å². The maximum Gasteiger partial charge on any atom is 0.254 e. The van der Waals surface area contributed by atoms with E-state index in [9.17, 15) is 9.59 Å². The van der Waals surface area contributed by atoms with Gasteiger partial charge in [0.05, 0.1) is 19.8 Å². The molecule has 2 aliphatic rings. The molecule has 0 N–H and O–H groups in total. The van der Waals surface area contributed by atoms with E-state index in [1.807, 2.05) is 4.90 Å². The number of aromatic nitrogens is 1. The predicted octanol–water partition coefficient (Wildman–Crippen LogP) is -0.302. The van der Waals surface area contributed by atoms with Crippen LogP contribution in [0.25, 0.3) is 0 Å². The van der Waals surface area contributed by atoms with E-state index in [1.165, 1.54) is 0 Å². The van der Waals surface area contributed by atoms with E-state index in [4.69, 9.17) is 4.74 Å². The SMILES string of the molecule is O=C(CN1CCOCC1)N1CCN(C(=O)c2ccncc2)CC1. The Balaban J connectivity index is 1.48.